The lowest BCUT2D eigenvalue weighted by atomic mass is 9.92. The van der Waals surface area contributed by atoms with Gasteiger partial charge in [0.25, 0.3) is 0 Å². The molecule has 2 saturated heterocycles. The second-order valence-electron chi connectivity index (χ2n) is 10.4. The van der Waals surface area contributed by atoms with Crippen molar-refractivity contribution >= 4 is 27.2 Å². The highest BCUT2D eigenvalue weighted by Gasteiger charge is 2.39. The third-order valence-corrected chi connectivity index (χ3v) is 9.30. The molecule has 2 aromatic rings. The molecule has 5 rings (SSSR count). The average molecular weight is 561 g/mol. The number of aliphatic imine (C=N–C) groups is 1. The molecule has 3 heterocycles. The fraction of sp³-hybridized carbons (Fsp3) is 0.444. The molecule has 0 aromatic heterocycles. The van der Waals surface area contributed by atoms with Crippen molar-refractivity contribution in [2.45, 2.75) is 42.9 Å². The first-order valence-electron chi connectivity index (χ1n) is 13.1. The fourth-order valence-corrected chi connectivity index (χ4v) is 6.54. The number of hydrogen-bond donors (Lipinski definition) is 3. The molecule has 0 saturated carbocycles. The third-order valence-electron chi connectivity index (χ3n) is 7.39. The zero-order valence-corrected chi connectivity index (χ0v) is 22.7. The maximum Gasteiger partial charge on any atom is 0.243 e. The second-order valence-corrected chi connectivity index (χ2v) is 12.4. The number of β-amino-alcohol motifs (C(OH)–C–C–N with tert-alkyl or cyclic N) is 1. The van der Waals surface area contributed by atoms with Crippen LogP contribution in [-0.4, -0.2) is 84.7 Å². The summed E-state index contributed by atoms with van der Waals surface area (Å²) in [7, 11) is -3.70. The van der Waals surface area contributed by atoms with Gasteiger partial charge in [0.2, 0.25) is 10.0 Å². The standard InChI is InChI=1S/C27H34F2N6O3S/c1-20-16-23(4-7-25(20)29)31-26-9-13-34(19-30-26)32-22-2-5-24(6-3-22)39(37,38)35-14-10-27(36,11-15-35)18-33-12-8-21(28)17-33/h2-7,9,13,16,21,32,36H,8,10-12,14-15,17-19H2,1H3,(H,30,31)/t21-/m0/s1. The van der Waals surface area contributed by atoms with Gasteiger partial charge in [-0.3, -0.25) is 15.3 Å². The van der Waals surface area contributed by atoms with E-state index in [0.29, 0.717) is 62.7 Å². The number of anilines is 2. The molecule has 12 heteroatoms. The van der Waals surface area contributed by atoms with Gasteiger partial charge in [-0.25, -0.2) is 22.2 Å². The summed E-state index contributed by atoms with van der Waals surface area (Å²) in [5, 5.41) is 15.8. The summed E-state index contributed by atoms with van der Waals surface area (Å²) >= 11 is 0. The molecule has 2 fully saturated rings. The monoisotopic (exact) mass is 560 g/mol. The van der Waals surface area contributed by atoms with E-state index in [1.54, 1.807) is 60.6 Å². The summed E-state index contributed by atoms with van der Waals surface area (Å²) in [6, 6.07) is 11.3. The lowest BCUT2D eigenvalue weighted by molar-refractivity contribution is -0.0292. The van der Waals surface area contributed by atoms with Gasteiger partial charge in [0.1, 0.15) is 24.5 Å². The van der Waals surface area contributed by atoms with E-state index in [-0.39, 0.29) is 23.8 Å². The minimum atomic E-state index is -3.70. The van der Waals surface area contributed by atoms with Gasteiger partial charge in [-0.2, -0.15) is 4.31 Å². The molecule has 0 unspecified atom stereocenters. The zero-order chi connectivity index (χ0) is 27.6. The number of nitrogens with one attached hydrogen (secondary N) is 2. The third kappa shape index (κ3) is 6.57. The number of hydrogen-bond acceptors (Lipinski definition) is 8. The van der Waals surface area contributed by atoms with Crippen LogP contribution in [-0.2, 0) is 10.0 Å². The quantitative estimate of drug-likeness (QED) is 0.478. The Balaban J connectivity index is 1.12. The first-order valence-corrected chi connectivity index (χ1v) is 14.5. The van der Waals surface area contributed by atoms with Crippen molar-refractivity contribution in [3.8, 4) is 0 Å². The summed E-state index contributed by atoms with van der Waals surface area (Å²) in [6.45, 7) is 3.79. The molecule has 9 nitrogen and oxygen atoms in total. The van der Waals surface area contributed by atoms with E-state index in [4.69, 9.17) is 0 Å². The van der Waals surface area contributed by atoms with Gasteiger partial charge < -0.3 is 10.4 Å². The van der Waals surface area contributed by atoms with Gasteiger partial charge >= 0.3 is 0 Å². The minimum absolute atomic E-state index is 0.187. The van der Waals surface area contributed by atoms with Crippen LogP contribution in [0.3, 0.4) is 0 Å². The molecule has 0 radical (unpaired) electrons. The lowest BCUT2D eigenvalue weighted by Crippen LogP contribution is -2.51. The van der Waals surface area contributed by atoms with Crippen molar-refractivity contribution in [3.63, 3.8) is 0 Å². The van der Waals surface area contributed by atoms with Crippen LogP contribution >= 0.6 is 0 Å². The number of sulfonamides is 1. The molecule has 3 aliphatic heterocycles. The number of rotatable bonds is 7. The summed E-state index contributed by atoms with van der Waals surface area (Å²) in [4.78, 5) is 6.57. The van der Waals surface area contributed by atoms with E-state index in [1.165, 1.54) is 10.4 Å². The first-order chi connectivity index (χ1) is 18.6. The summed E-state index contributed by atoms with van der Waals surface area (Å²) in [5.74, 6) is 0.381. The molecular formula is C27H34F2N6O3S. The summed E-state index contributed by atoms with van der Waals surface area (Å²) in [5.41, 5.74) is 4.17. The first kappa shape index (κ1) is 27.5. The van der Waals surface area contributed by atoms with Crippen LogP contribution < -0.4 is 10.7 Å². The Kier molecular flexibility index (Phi) is 7.90. The molecule has 0 amide bonds. The molecule has 0 spiro atoms. The van der Waals surface area contributed by atoms with Gasteiger partial charge in [0.15, 0.2) is 0 Å². The van der Waals surface area contributed by atoms with Gasteiger partial charge in [0.05, 0.1) is 16.2 Å². The van der Waals surface area contributed by atoms with Crippen LogP contribution in [0.2, 0.25) is 0 Å². The topological polar surface area (TPSA) is 101 Å². The van der Waals surface area contributed by atoms with Crippen LogP contribution in [0.25, 0.3) is 0 Å². The normalized spacial score (nSPS) is 22.1. The second kappa shape index (κ2) is 11.2. The van der Waals surface area contributed by atoms with E-state index in [2.05, 4.69) is 15.7 Å². The number of alkyl halides is 1. The van der Waals surface area contributed by atoms with Crippen molar-refractivity contribution in [2.75, 3.05) is 50.1 Å². The van der Waals surface area contributed by atoms with Gasteiger partial charge in [-0.1, -0.05) is 0 Å². The molecule has 0 aliphatic carbocycles. The summed E-state index contributed by atoms with van der Waals surface area (Å²) < 4.78 is 54.8. The van der Waals surface area contributed by atoms with Crippen molar-refractivity contribution < 1.29 is 22.3 Å². The number of amidine groups is 1. The maximum absolute atomic E-state index is 13.5. The number of aryl methyl sites for hydroxylation is 1. The Morgan fingerprint density at radius 2 is 1.82 bits per heavy atom. The Hall–Kier alpha value is -3.06. The Labute approximate surface area is 227 Å². The number of nitrogens with zero attached hydrogens (tertiary/aromatic N) is 4. The number of piperidine rings is 1. The molecule has 39 heavy (non-hydrogen) atoms. The highest BCUT2D eigenvalue weighted by Crippen LogP contribution is 2.29. The Morgan fingerprint density at radius 3 is 2.44 bits per heavy atom. The van der Waals surface area contributed by atoms with Gasteiger partial charge in [-0.05, 0) is 80.3 Å². The molecule has 0 bridgehead atoms. The zero-order valence-electron chi connectivity index (χ0n) is 21.9. The van der Waals surface area contributed by atoms with Gasteiger partial charge in [-0.15, -0.1) is 0 Å². The highest BCUT2D eigenvalue weighted by molar-refractivity contribution is 7.89. The van der Waals surface area contributed by atoms with Crippen LogP contribution in [0.15, 0.2) is 64.6 Å². The SMILES string of the molecule is Cc1cc(NC2=NCN(Nc3ccc(S(=O)(=O)N4CCC(O)(CN5CC[C@H](F)C5)CC4)cc3)C=C2)ccc1F. The fourth-order valence-electron chi connectivity index (χ4n) is 5.10. The van der Waals surface area contributed by atoms with E-state index < -0.39 is 21.8 Å². The minimum Gasteiger partial charge on any atom is -0.388 e. The van der Waals surface area contributed by atoms with E-state index >= 15 is 0 Å². The molecule has 2 aromatic carbocycles. The van der Waals surface area contributed by atoms with Crippen molar-refractivity contribution in [1.82, 2.24) is 14.2 Å². The predicted octanol–water partition coefficient (Wildman–Crippen LogP) is 3.32. The molecule has 210 valence electrons. The van der Waals surface area contributed by atoms with Crippen LogP contribution in [0.4, 0.5) is 20.2 Å². The smallest absolute Gasteiger partial charge is 0.243 e. The Bertz CT molecular complexity index is 1340. The summed E-state index contributed by atoms with van der Waals surface area (Å²) in [6.07, 6.45) is 3.86. The largest absolute Gasteiger partial charge is 0.388 e. The molecule has 1 atom stereocenters. The molecule has 3 N–H and O–H groups in total. The molecular weight excluding hydrogens is 526 g/mol. The Morgan fingerprint density at radius 1 is 1.10 bits per heavy atom. The number of hydrazine groups is 1. The van der Waals surface area contributed by atoms with Crippen LogP contribution in [0, 0.1) is 12.7 Å². The average Bonchev–Trinajstić information content (AvgIpc) is 3.31. The lowest BCUT2D eigenvalue weighted by Gasteiger charge is -2.39. The van der Waals surface area contributed by atoms with E-state index in [0.717, 1.165) is 5.69 Å². The van der Waals surface area contributed by atoms with Crippen LogP contribution in [0.1, 0.15) is 24.8 Å². The van der Waals surface area contributed by atoms with Crippen molar-refractivity contribution in [3.05, 3.63) is 66.1 Å². The van der Waals surface area contributed by atoms with Gasteiger partial charge in [0, 0.05) is 44.6 Å². The van der Waals surface area contributed by atoms with E-state index in [1.807, 2.05) is 4.90 Å². The van der Waals surface area contributed by atoms with Crippen molar-refractivity contribution in [2.24, 2.45) is 4.99 Å². The van der Waals surface area contributed by atoms with E-state index in [9.17, 15) is 22.3 Å². The number of aliphatic hydroxyl groups is 1. The number of benzene rings is 2. The molecule has 3 aliphatic rings. The number of halogens is 2. The van der Waals surface area contributed by atoms with Crippen molar-refractivity contribution in [1.29, 1.82) is 0 Å². The maximum atomic E-state index is 13.5. The predicted molar refractivity (Wildman–Crippen MR) is 147 cm³/mol. The number of likely N-dealkylation sites (tertiary alicyclic amines) is 1. The highest BCUT2D eigenvalue weighted by atomic mass is 32.2. The van der Waals surface area contributed by atoms with Crippen LogP contribution in [0.5, 0.6) is 0 Å².